The van der Waals surface area contributed by atoms with Gasteiger partial charge in [-0.05, 0) is 18.9 Å². The van der Waals surface area contributed by atoms with Crippen LogP contribution in [0.5, 0.6) is 0 Å². The SMILES string of the molecule is CC(CC(O)c1ccccc1)NC(=O)NCCC(F)(F)F. The van der Waals surface area contributed by atoms with Crippen LogP contribution in [-0.4, -0.2) is 29.9 Å². The molecule has 118 valence electrons. The Morgan fingerprint density at radius 1 is 1.29 bits per heavy atom. The van der Waals surface area contributed by atoms with E-state index in [0.717, 1.165) is 5.56 Å². The maximum atomic E-state index is 11.9. The molecule has 0 heterocycles. The van der Waals surface area contributed by atoms with E-state index in [9.17, 15) is 23.1 Å². The third kappa shape index (κ3) is 7.55. The van der Waals surface area contributed by atoms with Gasteiger partial charge < -0.3 is 15.7 Å². The summed E-state index contributed by atoms with van der Waals surface area (Å²) < 4.78 is 35.8. The number of hydrogen-bond acceptors (Lipinski definition) is 2. The molecule has 0 saturated carbocycles. The van der Waals surface area contributed by atoms with Crippen molar-refractivity contribution in [3.63, 3.8) is 0 Å². The summed E-state index contributed by atoms with van der Waals surface area (Å²) in [5, 5.41) is 14.6. The summed E-state index contributed by atoms with van der Waals surface area (Å²) in [6, 6.07) is 7.90. The Balaban J connectivity index is 2.30. The van der Waals surface area contributed by atoms with Crippen LogP contribution in [0.3, 0.4) is 0 Å². The first-order valence-corrected chi connectivity index (χ1v) is 6.62. The summed E-state index contributed by atoms with van der Waals surface area (Å²) in [6.07, 6.45) is -5.82. The molecule has 0 radical (unpaired) electrons. The van der Waals surface area contributed by atoms with Crippen molar-refractivity contribution >= 4 is 6.03 Å². The molecule has 0 spiro atoms. The van der Waals surface area contributed by atoms with Gasteiger partial charge in [0.25, 0.3) is 0 Å². The zero-order chi connectivity index (χ0) is 15.9. The van der Waals surface area contributed by atoms with E-state index < -0.39 is 31.3 Å². The predicted molar refractivity (Wildman–Crippen MR) is 72.7 cm³/mol. The fourth-order valence-corrected chi connectivity index (χ4v) is 1.80. The van der Waals surface area contributed by atoms with Crippen molar-refractivity contribution in [2.24, 2.45) is 0 Å². The Bertz CT molecular complexity index is 438. The molecule has 0 aliphatic heterocycles. The van der Waals surface area contributed by atoms with Gasteiger partial charge in [-0.25, -0.2) is 4.79 Å². The van der Waals surface area contributed by atoms with Crippen LogP contribution >= 0.6 is 0 Å². The highest BCUT2D eigenvalue weighted by Gasteiger charge is 2.26. The summed E-state index contributed by atoms with van der Waals surface area (Å²) in [5.74, 6) is 0. The summed E-state index contributed by atoms with van der Waals surface area (Å²) >= 11 is 0. The van der Waals surface area contributed by atoms with Crippen LogP contribution in [0.25, 0.3) is 0 Å². The number of amides is 2. The van der Waals surface area contributed by atoms with Crippen LogP contribution in [-0.2, 0) is 0 Å². The van der Waals surface area contributed by atoms with Crippen molar-refractivity contribution < 1.29 is 23.1 Å². The third-order valence-corrected chi connectivity index (χ3v) is 2.83. The number of halogens is 3. The minimum absolute atomic E-state index is 0.275. The molecule has 2 atom stereocenters. The molecule has 0 aromatic heterocycles. The van der Waals surface area contributed by atoms with E-state index in [4.69, 9.17) is 0 Å². The van der Waals surface area contributed by atoms with Gasteiger partial charge in [0.2, 0.25) is 0 Å². The zero-order valence-corrected chi connectivity index (χ0v) is 11.7. The molecule has 7 heteroatoms. The Labute approximate surface area is 121 Å². The number of alkyl halides is 3. The van der Waals surface area contributed by atoms with Crippen molar-refractivity contribution in [1.29, 1.82) is 0 Å². The second kappa shape index (κ2) is 7.87. The van der Waals surface area contributed by atoms with Gasteiger partial charge in [0.1, 0.15) is 0 Å². The van der Waals surface area contributed by atoms with Gasteiger partial charge in [0.15, 0.2) is 0 Å². The number of rotatable bonds is 6. The summed E-state index contributed by atoms with van der Waals surface area (Å²) in [5.41, 5.74) is 0.726. The number of carbonyl (C=O) groups is 1. The van der Waals surface area contributed by atoms with Gasteiger partial charge >= 0.3 is 12.2 Å². The van der Waals surface area contributed by atoms with E-state index in [1.807, 2.05) is 6.07 Å². The lowest BCUT2D eigenvalue weighted by Crippen LogP contribution is -2.42. The van der Waals surface area contributed by atoms with Gasteiger partial charge in [-0.15, -0.1) is 0 Å². The number of hydrogen-bond donors (Lipinski definition) is 3. The highest BCUT2D eigenvalue weighted by Crippen LogP contribution is 2.18. The second-order valence-corrected chi connectivity index (χ2v) is 4.83. The van der Waals surface area contributed by atoms with E-state index in [1.54, 1.807) is 31.2 Å². The highest BCUT2D eigenvalue weighted by atomic mass is 19.4. The van der Waals surface area contributed by atoms with Crippen LogP contribution in [0, 0.1) is 0 Å². The maximum absolute atomic E-state index is 11.9. The molecular formula is C14H19F3N2O2. The predicted octanol–water partition coefficient (Wildman–Crippen LogP) is 2.75. The van der Waals surface area contributed by atoms with Crippen LogP contribution in [0.15, 0.2) is 30.3 Å². The Morgan fingerprint density at radius 3 is 2.48 bits per heavy atom. The molecule has 0 saturated heterocycles. The molecule has 21 heavy (non-hydrogen) atoms. The number of nitrogens with one attached hydrogen (secondary N) is 2. The summed E-state index contributed by atoms with van der Waals surface area (Å²) in [6.45, 7) is 1.21. The largest absolute Gasteiger partial charge is 0.390 e. The lowest BCUT2D eigenvalue weighted by atomic mass is 10.0. The number of aliphatic hydroxyl groups excluding tert-OH is 1. The molecule has 1 aromatic carbocycles. The fourth-order valence-electron chi connectivity index (χ4n) is 1.80. The Kier molecular flexibility index (Phi) is 6.48. The first kappa shape index (κ1) is 17.3. The standard InChI is InChI=1S/C14H19F3N2O2/c1-10(9-12(20)11-5-3-2-4-6-11)19-13(21)18-8-7-14(15,16)17/h2-6,10,12,20H,7-9H2,1H3,(H2,18,19,21). The quantitative estimate of drug-likeness (QED) is 0.757. The van der Waals surface area contributed by atoms with Crippen LogP contribution in [0.1, 0.15) is 31.4 Å². The summed E-state index contributed by atoms with van der Waals surface area (Å²) in [7, 11) is 0. The van der Waals surface area contributed by atoms with E-state index in [2.05, 4.69) is 10.6 Å². The second-order valence-electron chi connectivity index (χ2n) is 4.83. The van der Waals surface area contributed by atoms with Crippen molar-refractivity contribution in [2.75, 3.05) is 6.54 Å². The van der Waals surface area contributed by atoms with Crippen LogP contribution in [0.2, 0.25) is 0 Å². The number of urea groups is 1. The molecule has 4 nitrogen and oxygen atoms in total. The molecule has 0 aliphatic rings. The van der Waals surface area contributed by atoms with Gasteiger partial charge in [-0.1, -0.05) is 30.3 Å². The summed E-state index contributed by atoms with van der Waals surface area (Å²) in [4.78, 5) is 11.4. The lowest BCUT2D eigenvalue weighted by Gasteiger charge is -2.18. The fraction of sp³-hybridized carbons (Fsp3) is 0.500. The van der Waals surface area contributed by atoms with Crippen molar-refractivity contribution in [3.05, 3.63) is 35.9 Å². The Hall–Kier alpha value is -1.76. The number of carbonyl (C=O) groups excluding carboxylic acids is 1. The van der Waals surface area contributed by atoms with Gasteiger partial charge in [-0.2, -0.15) is 13.2 Å². The monoisotopic (exact) mass is 304 g/mol. The van der Waals surface area contributed by atoms with E-state index in [1.165, 1.54) is 0 Å². The van der Waals surface area contributed by atoms with Gasteiger partial charge in [0, 0.05) is 12.6 Å². The first-order chi connectivity index (χ1) is 9.78. The van der Waals surface area contributed by atoms with E-state index in [0.29, 0.717) is 0 Å². The molecule has 2 amide bonds. The average molecular weight is 304 g/mol. The lowest BCUT2D eigenvalue weighted by molar-refractivity contribution is -0.132. The highest BCUT2D eigenvalue weighted by molar-refractivity contribution is 5.74. The molecular weight excluding hydrogens is 285 g/mol. The minimum Gasteiger partial charge on any atom is -0.388 e. The smallest absolute Gasteiger partial charge is 0.388 e. The minimum atomic E-state index is -4.29. The third-order valence-electron chi connectivity index (χ3n) is 2.83. The maximum Gasteiger partial charge on any atom is 0.390 e. The number of benzene rings is 1. The van der Waals surface area contributed by atoms with Crippen LogP contribution < -0.4 is 10.6 Å². The Morgan fingerprint density at radius 2 is 1.90 bits per heavy atom. The van der Waals surface area contributed by atoms with Crippen molar-refractivity contribution in [3.8, 4) is 0 Å². The zero-order valence-electron chi connectivity index (χ0n) is 11.7. The first-order valence-electron chi connectivity index (χ1n) is 6.62. The van der Waals surface area contributed by atoms with Gasteiger partial charge in [-0.3, -0.25) is 0 Å². The molecule has 1 aromatic rings. The van der Waals surface area contributed by atoms with E-state index >= 15 is 0 Å². The van der Waals surface area contributed by atoms with Crippen molar-refractivity contribution in [2.45, 2.75) is 38.1 Å². The normalized spacial score (nSPS) is 14.3. The number of aliphatic hydroxyl groups is 1. The van der Waals surface area contributed by atoms with Crippen LogP contribution in [0.4, 0.5) is 18.0 Å². The topological polar surface area (TPSA) is 61.4 Å². The molecule has 0 aliphatic carbocycles. The van der Waals surface area contributed by atoms with E-state index in [-0.39, 0.29) is 12.5 Å². The average Bonchev–Trinajstić information content (AvgIpc) is 2.37. The molecule has 0 bridgehead atoms. The van der Waals surface area contributed by atoms with Crippen molar-refractivity contribution in [1.82, 2.24) is 10.6 Å². The molecule has 1 rings (SSSR count). The molecule has 3 N–H and O–H groups in total. The molecule has 0 fully saturated rings. The molecule has 2 unspecified atom stereocenters. The van der Waals surface area contributed by atoms with Gasteiger partial charge in [0.05, 0.1) is 12.5 Å².